The molecule has 1 atom stereocenters. The minimum absolute atomic E-state index is 0.309. The first-order valence-corrected chi connectivity index (χ1v) is 19.0. The monoisotopic (exact) mass is 704 g/mol. The summed E-state index contributed by atoms with van der Waals surface area (Å²) < 4.78 is 33.5. The van der Waals surface area contributed by atoms with Gasteiger partial charge in [0.1, 0.15) is 28.7 Å². The molecule has 6 heteroatoms. The highest BCUT2D eigenvalue weighted by Gasteiger charge is 2.44. The molecule has 260 valence electrons. The van der Waals surface area contributed by atoms with Crippen LogP contribution in [0.5, 0.6) is 28.7 Å². The Hall–Kier alpha value is -5.25. The second kappa shape index (κ2) is 11.9. The van der Waals surface area contributed by atoms with Crippen molar-refractivity contribution in [3.8, 4) is 62.1 Å². The van der Waals surface area contributed by atoms with E-state index in [-0.39, 0.29) is 5.41 Å². The molecule has 6 aromatic rings. The van der Waals surface area contributed by atoms with Gasteiger partial charge in [-0.25, -0.2) is 0 Å². The Bertz CT molecular complexity index is 2360. The van der Waals surface area contributed by atoms with E-state index in [0.717, 1.165) is 78.6 Å². The van der Waals surface area contributed by atoms with Crippen LogP contribution in [0, 0.1) is 0 Å². The average molecular weight is 705 g/mol. The van der Waals surface area contributed by atoms with Crippen molar-refractivity contribution >= 4 is 18.8 Å². The third-order valence-corrected chi connectivity index (χ3v) is 12.8. The Kier molecular flexibility index (Phi) is 7.47. The predicted octanol–water partition coefficient (Wildman–Crippen LogP) is 10.9. The predicted molar refractivity (Wildman–Crippen MR) is 210 cm³/mol. The van der Waals surface area contributed by atoms with Gasteiger partial charge in [0.15, 0.2) is 8.15 Å². The standard InChI is InChI=1S/C46H41O5P/c1-45(2,3)36-25-27(47-6)23-33(41(36)44-49-38-20-11-8-15-29(38)30-16-9-12-21-39(30)50-44)34-24-28(48-7)26-37-43(34)52-40-22-13-10-17-31(40)32-18-14-19-35(42(32)51-52)46(37,4)5/h8-26,44H,1-7H3. The first kappa shape index (κ1) is 32.6. The lowest BCUT2D eigenvalue weighted by molar-refractivity contribution is 0.00678. The summed E-state index contributed by atoms with van der Waals surface area (Å²) in [4.78, 5) is 0. The minimum atomic E-state index is -1.31. The van der Waals surface area contributed by atoms with Crippen molar-refractivity contribution in [1.29, 1.82) is 0 Å². The van der Waals surface area contributed by atoms with Crippen LogP contribution < -0.4 is 34.1 Å². The van der Waals surface area contributed by atoms with E-state index >= 15 is 0 Å². The average Bonchev–Trinajstić information content (AvgIpc) is 3.38. The summed E-state index contributed by atoms with van der Waals surface area (Å²) in [5.74, 6) is 4.02. The third kappa shape index (κ3) is 4.93. The van der Waals surface area contributed by atoms with E-state index in [2.05, 4.69) is 113 Å². The Balaban J connectivity index is 1.39. The summed E-state index contributed by atoms with van der Waals surface area (Å²) in [6.45, 7) is 11.3. The quantitative estimate of drug-likeness (QED) is 0.171. The van der Waals surface area contributed by atoms with E-state index in [1.165, 1.54) is 16.4 Å². The van der Waals surface area contributed by atoms with E-state index in [9.17, 15) is 0 Å². The highest BCUT2D eigenvalue weighted by atomic mass is 31.1. The summed E-state index contributed by atoms with van der Waals surface area (Å²) in [6, 6.07) is 40.3. The molecule has 2 bridgehead atoms. The summed E-state index contributed by atoms with van der Waals surface area (Å²) in [5, 5.41) is 2.34. The van der Waals surface area contributed by atoms with Gasteiger partial charge in [-0.2, -0.15) is 0 Å². The number of para-hydroxylation sites is 3. The maximum atomic E-state index is 7.28. The van der Waals surface area contributed by atoms with Crippen molar-refractivity contribution in [1.82, 2.24) is 0 Å². The van der Waals surface area contributed by atoms with Gasteiger partial charge in [0.25, 0.3) is 6.29 Å². The molecule has 0 saturated carbocycles. The summed E-state index contributed by atoms with van der Waals surface area (Å²) in [5.41, 5.74) is 9.92. The molecule has 52 heavy (non-hydrogen) atoms. The van der Waals surface area contributed by atoms with Crippen LogP contribution in [-0.4, -0.2) is 14.2 Å². The van der Waals surface area contributed by atoms with Gasteiger partial charge in [-0.15, -0.1) is 0 Å². The zero-order valence-corrected chi connectivity index (χ0v) is 31.4. The molecule has 0 spiro atoms. The topological polar surface area (TPSA) is 46.2 Å². The van der Waals surface area contributed by atoms with Crippen LogP contribution in [0.15, 0.2) is 115 Å². The lowest BCUT2D eigenvalue weighted by atomic mass is 9.75. The second-order valence-corrected chi connectivity index (χ2v) is 16.9. The van der Waals surface area contributed by atoms with E-state index in [0.29, 0.717) is 0 Å². The number of hydrogen-bond acceptors (Lipinski definition) is 5. The number of benzene rings is 6. The van der Waals surface area contributed by atoms with Gasteiger partial charge in [0.2, 0.25) is 0 Å². The Labute approximate surface area is 307 Å². The summed E-state index contributed by atoms with van der Waals surface area (Å²) >= 11 is 0. The maximum Gasteiger partial charge on any atom is 0.268 e. The van der Waals surface area contributed by atoms with E-state index in [1.807, 2.05) is 36.4 Å². The molecule has 0 N–H and O–H groups in total. The molecule has 9 rings (SSSR count). The smallest absolute Gasteiger partial charge is 0.268 e. The molecular formula is C46H41O5P. The molecule has 0 saturated heterocycles. The number of hydrogen-bond donors (Lipinski definition) is 0. The minimum Gasteiger partial charge on any atom is -0.497 e. The number of fused-ring (bicyclic) bond motifs is 9. The first-order chi connectivity index (χ1) is 25.1. The lowest BCUT2D eigenvalue weighted by Gasteiger charge is -2.33. The van der Waals surface area contributed by atoms with E-state index in [4.69, 9.17) is 23.5 Å². The van der Waals surface area contributed by atoms with Gasteiger partial charge in [0, 0.05) is 43.8 Å². The van der Waals surface area contributed by atoms with Gasteiger partial charge >= 0.3 is 0 Å². The van der Waals surface area contributed by atoms with Crippen LogP contribution in [0.1, 0.15) is 63.2 Å². The van der Waals surface area contributed by atoms with Crippen molar-refractivity contribution < 1.29 is 23.5 Å². The number of rotatable bonds is 4. The van der Waals surface area contributed by atoms with Gasteiger partial charge in [-0.05, 0) is 69.6 Å². The third-order valence-electron chi connectivity index (χ3n) is 10.7. The molecule has 0 amide bonds. The van der Waals surface area contributed by atoms with Crippen molar-refractivity contribution in [2.75, 3.05) is 14.2 Å². The molecule has 0 radical (unpaired) electrons. The zero-order chi connectivity index (χ0) is 35.9. The van der Waals surface area contributed by atoms with Crippen molar-refractivity contribution in [3.63, 3.8) is 0 Å². The molecule has 3 aliphatic heterocycles. The van der Waals surface area contributed by atoms with Crippen LogP contribution in [-0.2, 0) is 10.8 Å². The first-order valence-electron chi connectivity index (χ1n) is 17.8. The van der Waals surface area contributed by atoms with Gasteiger partial charge < -0.3 is 23.5 Å². The molecule has 3 heterocycles. The Morgan fingerprint density at radius 1 is 0.596 bits per heavy atom. The lowest BCUT2D eigenvalue weighted by Crippen LogP contribution is -2.29. The van der Waals surface area contributed by atoms with Crippen LogP contribution >= 0.6 is 8.15 Å². The molecule has 5 nitrogen and oxygen atoms in total. The fourth-order valence-corrected chi connectivity index (χ4v) is 10.5. The van der Waals surface area contributed by atoms with Gasteiger partial charge in [-0.3, -0.25) is 0 Å². The molecule has 0 aromatic heterocycles. The van der Waals surface area contributed by atoms with Gasteiger partial charge in [-0.1, -0.05) is 113 Å². The Morgan fingerprint density at radius 2 is 1.17 bits per heavy atom. The zero-order valence-electron chi connectivity index (χ0n) is 30.5. The van der Waals surface area contributed by atoms with Crippen molar-refractivity contribution in [2.45, 2.75) is 51.7 Å². The fourth-order valence-electron chi connectivity index (χ4n) is 8.09. The van der Waals surface area contributed by atoms with Crippen LogP contribution in [0.4, 0.5) is 0 Å². The van der Waals surface area contributed by atoms with Crippen molar-refractivity contribution in [2.24, 2.45) is 0 Å². The fraction of sp³-hybridized carbons (Fsp3) is 0.217. The normalized spacial score (nSPS) is 16.3. The molecule has 0 fully saturated rings. The van der Waals surface area contributed by atoms with Crippen molar-refractivity contribution in [3.05, 3.63) is 138 Å². The Morgan fingerprint density at radius 3 is 1.83 bits per heavy atom. The highest BCUT2D eigenvalue weighted by Crippen LogP contribution is 2.59. The molecule has 6 aromatic carbocycles. The van der Waals surface area contributed by atoms with Gasteiger partial charge in [0.05, 0.1) is 14.2 Å². The highest BCUT2D eigenvalue weighted by molar-refractivity contribution is 7.69. The molecule has 1 unspecified atom stereocenters. The summed E-state index contributed by atoms with van der Waals surface area (Å²) in [6.07, 6.45) is -0.781. The summed E-state index contributed by atoms with van der Waals surface area (Å²) in [7, 11) is 2.17. The molecule has 3 aliphatic rings. The maximum absolute atomic E-state index is 7.28. The SMILES string of the molecule is COc1cc(-c2cc(OC)cc3c2P2Oc4c(cccc4C3(C)C)-c3ccccc32)c(C2Oc3ccccc3-c3ccccc3O2)c(C(C)(C)C)c1. The van der Waals surface area contributed by atoms with E-state index < -0.39 is 19.9 Å². The molecular weight excluding hydrogens is 663 g/mol. The molecule has 0 aliphatic carbocycles. The van der Waals surface area contributed by atoms with E-state index in [1.54, 1.807) is 14.2 Å². The number of methoxy groups -OCH3 is 2. The van der Waals surface area contributed by atoms with Crippen LogP contribution in [0.25, 0.3) is 33.4 Å². The van der Waals surface area contributed by atoms with Crippen LogP contribution in [0.2, 0.25) is 0 Å². The number of ether oxygens (including phenoxy) is 4. The van der Waals surface area contributed by atoms with Crippen LogP contribution in [0.3, 0.4) is 0 Å². The second-order valence-electron chi connectivity index (χ2n) is 15.2. The largest absolute Gasteiger partial charge is 0.497 e.